The van der Waals surface area contributed by atoms with Gasteiger partial charge in [-0.05, 0) is 19.2 Å². The normalized spacial score (nSPS) is 11.3. The van der Waals surface area contributed by atoms with E-state index in [-0.39, 0.29) is 30.8 Å². The van der Waals surface area contributed by atoms with Crippen LogP contribution in [0.5, 0.6) is 5.75 Å². The lowest BCUT2D eigenvalue weighted by atomic mass is 10.1. The summed E-state index contributed by atoms with van der Waals surface area (Å²) in [5, 5.41) is 5.74. The van der Waals surface area contributed by atoms with Gasteiger partial charge in [0.05, 0.1) is 0 Å². The van der Waals surface area contributed by atoms with Gasteiger partial charge < -0.3 is 15.4 Å². The van der Waals surface area contributed by atoms with Gasteiger partial charge in [-0.1, -0.05) is 13.0 Å². The van der Waals surface area contributed by atoms with E-state index in [1.807, 2.05) is 6.92 Å². The fourth-order valence-corrected chi connectivity index (χ4v) is 1.48. The third-order valence-electron chi connectivity index (χ3n) is 2.41. The van der Waals surface area contributed by atoms with Crippen LogP contribution < -0.4 is 15.4 Å². The van der Waals surface area contributed by atoms with Crippen LogP contribution >= 0.6 is 12.4 Å². The van der Waals surface area contributed by atoms with E-state index in [1.165, 1.54) is 0 Å². The number of halogens is 2. The van der Waals surface area contributed by atoms with E-state index in [9.17, 15) is 9.18 Å². The lowest BCUT2D eigenvalue weighted by molar-refractivity contribution is -0.119. The number of benzene rings is 1. The highest BCUT2D eigenvalue weighted by molar-refractivity contribution is 5.92. The molecule has 0 spiro atoms. The molecule has 6 heteroatoms. The van der Waals surface area contributed by atoms with E-state index < -0.39 is 6.67 Å². The lowest BCUT2D eigenvalue weighted by Gasteiger charge is -2.12. The quantitative estimate of drug-likeness (QED) is 0.810. The van der Waals surface area contributed by atoms with Gasteiger partial charge in [0.25, 0.3) is 0 Å². The van der Waals surface area contributed by atoms with Crippen molar-refractivity contribution in [2.45, 2.75) is 6.92 Å². The zero-order chi connectivity index (χ0) is 13.4. The van der Waals surface area contributed by atoms with Crippen molar-refractivity contribution in [3.63, 3.8) is 0 Å². The first-order chi connectivity index (χ1) is 8.67. The van der Waals surface area contributed by atoms with E-state index >= 15 is 0 Å². The molecule has 0 heterocycles. The molecule has 0 aliphatic heterocycles. The molecule has 1 aromatic rings. The van der Waals surface area contributed by atoms with Crippen molar-refractivity contribution >= 4 is 24.0 Å². The predicted molar refractivity (Wildman–Crippen MR) is 76.9 cm³/mol. The molecule has 0 aromatic heterocycles. The number of carbonyl (C=O) groups excluding carboxylic acids is 1. The van der Waals surface area contributed by atoms with Gasteiger partial charge in [0.2, 0.25) is 5.91 Å². The van der Waals surface area contributed by atoms with Crippen LogP contribution in [0.4, 0.5) is 10.1 Å². The smallest absolute Gasteiger partial charge is 0.228 e. The molecule has 1 rings (SSSR count). The second-order valence-electron chi connectivity index (χ2n) is 4.01. The molecular formula is C13H20ClFN2O2. The second kappa shape index (κ2) is 9.58. The minimum Gasteiger partial charge on any atom is -0.491 e. The average molecular weight is 291 g/mol. The van der Waals surface area contributed by atoms with Gasteiger partial charge in [0, 0.05) is 24.2 Å². The maximum absolute atomic E-state index is 12.0. The first-order valence-electron chi connectivity index (χ1n) is 5.91. The molecule has 108 valence electrons. The molecule has 0 saturated heterocycles. The minimum atomic E-state index is -0.532. The number of alkyl halides is 1. The van der Waals surface area contributed by atoms with Crippen molar-refractivity contribution in [3.05, 3.63) is 24.3 Å². The molecular weight excluding hydrogens is 271 g/mol. The molecule has 0 saturated carbocycles. The summed E-state index contributed by atoms with van der Waals surface area (Å²) in [5.41, 5.74) is 0.652. The zero-order valence-electron chi connectivity index (χ0n) is 11.1. The number of nitrogens with one attached hydrogen (secondary N) is 2. The van der Waals surface area contributed by atoms with Gasteiger partial charge in [-0.3, -0.25) is 4.79 Å². The Labute approximate surface area is 119 Å². The Hall–Kier alpha value is -1.33. The number of hydrogen-bond acceptors (Lipinski definition) is 3. The van der Waals surface area contributed by atoms with Gasteiger partial charge in [0.15, 0.2) is 0 Å². The molecule has 1 amide bonds. The topological polar surface area (TPSA) is 50.4 Å². The van der Waals surface area contributed by atoms with Crippen LogP contribution in [0.25, 0.3) is 0 Å². The van der Waals surface area contributed by atoms with Crippen LogP contribution in [0.1, 0.15) is 6.92 Å². The van der Waals surface area contributed by atoms with Crippen molar-refractivity contribution in [2.24, 2.45) is 5.92 Å². The summed E-state index contributed by atoms with van der Waals surface area (Å²) in [6.07, 6.45) is 0. The summed E-state index contributed by atoms with van der Waals surface area (Å²) in [5.74, 6) is 0.365. The molecule has 0 bridgehead atoms. The number of hydrogen-bond donors (Lipinski definition) is 2. The standard InChI is InChI=1S/C13H19FN2O2.ClH/c1-10(9-15-2)13(17)16-11-4-3-5-12(8-11)18-7-6-14;/h3-5,8,10,15H,6-7,9H2,1-2H3,(H,16,17);1H. The van der Waals surface area contributed by atoms with E-state index in [1.54, 1.807) is 31.3 Å². The highest BCUT2D eigenvalue weighted by atomic mass is 35.5. The molecule has 0 radical (unpaired) electrons. The third kappa shape index (κ3) is 6.40. The molecule has 1 atom stereocenters. The number of anilines is 1. The molecule has 0 aliphatic carbocycles. The minimum absolute atomic E-state index is 0. The summed E-state index contributed by atoms with van der Waals surface area (Å²) in [6.45, 7) is 1.95. The highest BCUT2D eigenvalue weighted by Crippen LogP contribution is 2.17. The summed E-state index contributed by atoms with van der Waals surface area (Å²) < 4.78 is 17.1. The van der Waals surface area contributed by atoms with Gasteiger partial charge in [-0.2, -0.15) is 0 Å². The van der Waals surface area contributed by atoms with E-state index in [0.717, 1.165) is 0 Å². The summed E-state index contributed by atoms with van der Waals surface area (Å²) >= 11 is 0. The Bertz CT molecular complexity index is 391. The molecule has 19 heavy (non-hydrogen) atoms. The van der Waals surface area contributed by atoms with Crippen LogP contribution in [0, 0.1) is 5.92 Å². The average Bonchev–Trinajstić information content (AvgIpc) is 2.37. The van der Waals surface area contributed by atoms with Crippen LogP contribution in [0.2, 0.25) is 0 Å². The summed E-state index contributed by atoms with van der Waals surface area (Å²) in [6, 6.07) is 6.93. The Morgan fingerprint density at radius 2 is 2.21 bits per heavy atom. The summed E-state index contributed by atoms with van der Waals surface area (Å²) in [4.78, 5) is 11.8. The Balaban J connectivity index is 0.00000324. The first-order valence-corrected chi connectivity index (χ1v) is 5.91. The summed E-state index contributed by atoms with van der Waals surface area (Å²) in [7, 11) is 1.80. The van der Waals surface area contributed by atoms with Gasteiger partial charge in [-0.15, -0.1) is 12.4 Å². The number of rotatable bonds is 7. The third-order valence-corrected chi connectivity index (χ3v) is 2.41. The molecule has 1 aromatic carbocycles. The van der Waals surface area contributed by atoms with Crippen molar-refractivity contribution in [3.8, 4) is 5.75 Å². The largest absolute Gasteiger partial charge is 0.491 e. The van der Waals surface area contributed by atoms with Crippen LogP contribution in [0.3, 0.4) is 0 Å². The number of ether oxygens (including phenoxy) is 1. The van der Waals surface area contributed by atoms with E-state index in [0.29, 0.717) is 18.0 Å². The van der Waals surface area contributed by atoms with E-state index in [4.69, 9.17) is 4.74 Å². The van der Waals surface area contributed by atoms with Gasteiger partial charge >= 0.3 is 0 Å². The van der Waals surface area contributed by atoms with Crippen LogP contribution in [-0.2, 0) is 4.79 Å². The van der Waals surface area contributed by atoms with Gasteiger partial charge in [-0.25, -0.2) is 4.39 Å². The monoisotopic (exact) mass is 290 g/mol. The Morgan fingerprint density at radius 3 is 2.84 bits per heavy atom. The van der Waals surface area contributed by atoms with Crippen molar-refractivity contribution in [1.29, 1.82) is 0 Å². The van der Waals surface area contributed by atoms with Gasteiger partial charge in [0.1, 0.15) is 19.0 Å². The zero-order valence-corrected chi connectivity index (χ0v) is 11.9. The second-order valence-corrected chi connectivity index (χ2v) is 4.01. The van der Waals surface area contributed by atoms with Crippen LogP contribution in [-0.4, -0.2) is 32.8 Å². The fraction of sp³-hybridized carbons (Fsp3) is 0.462. The SMILES string of the molecule is CNCC(C)C(=O)Nc1cccc(OCCF)c1.Cl. The van der Waals surface area contributed by atoms with E-state index in [2.05, 4.69) is 10.6 Å². The Morgan fingerprint density at radius 1 is 1.47 bits per heavy atom. The fourth-order valence-electron chi connectivity index (χ4n) is 1.48. The molecule has 1 unspecified atom stereocenters. The lowest BCUT2D eigenvalue weighted by Crippen LogP contribution is -2.28. The first kappa shape index (κ1) is 17.7. The maximum Gasteiger partial charge on any atom is 0.228 e. The van der Waals surface area contributed by atoms with Crippen LogP contribution in [0.15, 0.2) is 24.3 Å². The number of amides is 1. The highest BCUT2D eigenvalue weighted by Gasteiger charge is 2.11. The molecule has 4 nitrogen and oxygen atoms in total. The van der Waals surface area contributed by atoms with Crippen molar-refractivity contribution in [2.75, 3.05) is 32.2 Å². The van der Waals surface area contributed by atoms with Crippen molar-refractivity contribution < 1.29 is 13.9 Å². The maximum atomic E-state index is 12.0. The number of carbonyl (C=O) groups is 1. The molecule has 0 aliphatic rings. The molecule has 0 fully saturated rings. The molecule has 2 N–H and O–H groups in total. The van der Waals surface area contributed by atoms with Crippen molar-refractivity contribution in [1.82, 2.24) is 5.32 Å². The predicted octanol–water partition coefficient (Wildman–Crippen LogP) is 2.25. The Kier molecular flexibility index (Phi) is 8.91.